The number of hydrogen-bond acceptors (Lipinski definition) is 1. The zero-order chi connectivity index (χ0) is 13.1. The van der Waals surface area contributed by atoms with Crippen molar-refractivity contribution in [2.75, 3.05) is 0 Å². The molecule has 1 aromatic rings. The van der Waals surface area contributed by atoms with Crippen LogP contribution < -0.4 is 0 Å². The van der Waals surface area contributed by atoms with Gasteiger partial charge in [-0.3, -0.25) is 4.79 Å². The zero-order valence-electron chi connectivity index (χ0n) is 11.1. The van der Waals surface area contributed by atoms with Gasteiger partial charge in [0.25, 0.3) is 0 Å². The lowest BCUT2D eigenvalue weighted by molar-refractivity contribution is -0.137. The van der Waals surface area contributed by atoms with Crippen molar-refractivity contribution in [3.8, 4) is 0 Å². The van der Waals surface area contributed by atoms with Gasteiger partial charge in [-0.05, 0) is 19.3 Å². The number of carboxylic acids is 1. The molecule has 0 saturated heterocycles. The van der Waals surface area contributed by atoms with E-state index in [0.29, 0.717) is 12.3 Å². The highest BCUT2D eigenvalue weighted by Gasteiger charge is 1.97. The molecule has 0 heterocycles. The van der Waals surface area contributed by atoms with Gasteiger partial charge in [0.05, 0.1) is 0 Å². The number of carboxylic acid groups (broad SMARTS) is 1. The highest BCUT2D eigenvalue weighted by atomic mass is 16.4. The van der Waals surface area contributed by atoms with Crippen molar-refractivity contribution in [2.45, 2.75) is 46.5 Å². The summed E-state index contributed by atoms with van der Waals surface area (Å²) in [4.78, 5) is 10.0. The summed E-state index contributed by atoms with van der Waals surface area (Å²) in [6, 6.07) is 10.3. The van der Waals surface area contributed by atoms with Crippen molar-refractivity contribution in [2.24, 2.45) is 5.92 Å². The molecule has 0 fully saturated rings. The van der Waals surface area contributed by atoms with E-state index in [4.69, 9.17) is 5.11 Å². The number of unbranched alkanes of at least 4 members (excludes halogenated alkanes) is 1. The second kappa shape index (κ2) is 9.88. The Morgan fingerprint density at radius 2 is 1.76 bits per heavy atom. The van der Waals surface area contributed by atoms with Gasteiger partial charge in [-0.15, -0.1) is 0 Å². The Kier molecular flexibility index (Phi) is 9.12. The van der Waals surface area contributed by atoms with E-state index in [1.807, 2.05) is 18.2 Å². The van der Waals surface area contributed by atoms with Crippen LogP contribution in [-0.2, 0) is 4.79 Å². The Hall–Kier alpha value is -1.31. The minimum absolute atomic E-state index is 0.326. The van der Waals surface area contributed by atoms with Gasteiger partial charge in [0.15, 0.2) is 0 Å². The van der Waals surface area contributed by atoms with Gasteiger partial charge < -0.3 is 5.11 Å². The summed E-state index contributed by atoms with van der Waals surface area (Å²) in [5.41, 5.74) is 1.32. The van der Waals surface area contributed by atoms with Crippen LogP contribution in [0.1, 0.15) is 45.1 Å². The largest absolute Gasteiger partial charge is 0.481 e. The molecule has 0 aromatic heterocycles. The predicted molar refractivity (Wildman–Crippen MR) is 72.1 cm³/mol. The Labute approximate surface area is 105 Å². The van der Waals surface area contributed by atoms with E-state index in [1.165, 1.54) is 5.56 Å². The summed E-state index contributed by atoms with van der Waals surface area (Å²) in [6.07, 6.45) is 3.34. The number of benzene rings is 1. The molecule has 1 N–H and O–H groups in total. The number of aryl methyl sites for hydroxylation is 1. The first-order valence-corrected chi connectivity index (χ1v) is 6.25. The van der Waals surface area contributed by atoms with E-state index < -0.39 is 5.97 Å². The molecule has 0 spiro atoms. The SMILES string of the molecule is CC(C)CCCCC(=O)O.Cc1ccccc1. The first-order valence-electron chi connectivity index (χ1n) is 6.25. The lowest BCUT2D eigenvalue weighted by atomic mass is 10.1. The van der Waals surface area contributed by atoms with Gasteiger partial charge in [0.2, 0.25) is 0 Å². The van der Waals surface area contributed by atoms with Crippen molar-refractivity contribution >= 4 is 5.97 Å². The van der Waals surface area contributed by atoms with Gasteiger partial charge >= 0.3 is 5.97 Å². The van der Waals surface area contributed by atoms with Gasteiger partial charge in [-0.1, -0.05) is 62.6 Å². The van der Waals surface area contributed by atoms with Crippen molar-refractivity contribution in [3.63, 3.8) is 0 Å². The maximum atomic E-state index is 10.0. The summed E-state index contributed by atoms with van der Waals surface area (Å²) >= 11 is 0. The molecule has 0 unspecified atom stereocenters. The van der Waals surface area contributed by atoms with E-state index in [1.54, 1.807) is 0 Å². The molecule has 0 amide bonds. The number of hydrogen-bond donors (Lipinski definition) is 1. The molecule has 2 nitrogen and oxygen atoms in total. The van der Waals surface area contributed by atoms with Gasteiger partial charge in [-0.2, -0.15) is 0 Å². The minimum Gasteiger partial charge on any atom is -0.481 e. The second-order valence-corrected chi connectivity index (χ2v) is 4.69. The predicted octanol–water partition coefficient (Wildman–Crippen LogP) is 4.28. The van der Waals surface area contributed by atoms with Crippen LogP contribution in [-0.4, -0.2) is 11.1 Å². The first-order chi connectivity index (χ1) is 8.02. The average Bonchev–Trinajstić information content (AvgIpc) is 2.26. The fourth-order valence-electron chi connectivity index (χ4n) is 1.36. The average molecular weight is 236 g/mol. The highest BCUT2D eigenvalue weighted by Crippen LogP contribution is 2.07. The molecule has 0 bridgehead atoms. The number of carbonyl (C=O) groups is 1. The first kappa shape index (κ1) is 15.7. The van der Waals surface area contributed by atoms with Crippen LogP contribution in [0.3, 0.4) is 0 Å². The molecule has 17 heavy (non-hydrogen) atoms. The van der Waals surface area contributed by atoms with Gasteiger partial charge in [0, 0.05) is 6.42 Å². The van der Waals surface area contributed by atoms with E-state index in [-0.39, 0.29) is 0 Å². The molecule has 0 saturated carbocycles. The molecular weight excluding hydrogens is 212 g/mol. The molecule has 0 aliphatic heterocycles. The molecule has 0 aliphatic carbocycles. The smallest absolute Gasteiger partial charge is 0.303 e. The number of rotatable bonds is 5. The van der Waals surface area contributed by atoms with E-state index >= 15 is 0 Å². The topological polar surface area (TPSA) is 37.3 Å². The van der Waals surface area contributed by atoms with E-state index in [2.05, 4.69) is 32.9 Å². The van der Waals surface area contributed by atoms with Gasteiger partial charge in [0.1, 0.15) is 0 Å². The normalized spacial score (nSPS) is 9.65. The van der Waals surface area contributed by atoms with Crippen LogP contribution in [0, 0.1) is 12.8 Å². The maximum absolute atomic E-state index is 10.0. The monoisotopic (exact) mass is 236 g/mol. The molecule has 2 heteroatoms. The third-order valence-corrected chi connectivity index (χ3v) is 2.36. The number of aliphatic carboxylic acids is 1. The van der Waals surface area contributed by atoms with Gasteiger partial charge in [-0.25, -0.2) is 0 Å². The minimum atomic E-state index is -0.677. The van der Waals surface area contributed by atoms with Crippen molar-refractivity contribution < 1.29 is 9.90 Å². The zero-order valence-corrected chi connectivity index (χ0v) is 11.1. The molecule has 96 valence electrons. The summed E-state index contributed by atoms with van der Waals surface area (Å²) in [5.74, 6) is 0.0255. The standard InChI is InChI=1S/C8H16O2.C7H8/c1-7(2)5-3-4-6-8(9)10;1-7-5-3-2-4-6-7/h7H,3-6H2,1-2H3,(H,9,10);2-6H,1H3. The van der Waals surface area contributed by atoms with Crippen molar-refractivity contribution in [3.05, 3.63) is 35.9 Å². The third-order valence-electron chi connectivity index (χ3n) is 2.36. The van der Waals surface area contributed by atoms with Crippen LogP contribution in [0.25, 0.3) is 0 Å². The summed E-state index contributed by atoms with van der Waals surface area (Å²) < 4.78 is 0. The van der Waals surface area contributed by atoms with Crippen LogP contribution in [0.4, 0.5) is 0 Å². The molecular formula is C15H24O2. The van der Waals surface area contributed by atoms with Crippen LogP contribution in [0.5, 0.6) is 0 Å². The van der Waals surface area contributed by atoms with Crippen LogP contribution >= 0.6 is 0 Å². The summed E-state index contributed by atoms with van der Waals surface area (Å²) in [5, 5.41) is 8.28. The van der Waals surface area contributed by atoms with Crippen molar-refractivity contribution in [1.29, 1.82) is 0 Å². The van der Waals surface area contributed by atoms with Crippen molar-refractivity contribution in [1.82, 2.24) is 0 Å². The van der Waals surface area contributed by atoms with E-state index in [9.17, 15) is 4.79 Å². The fourth-order valence-corrected chi connectivity index (χ4v) is 1.36. The highest BCUT2D eigenvalue weighted by molar-refractivity contribution is 5.66. The molecule has 0 atom stereocenters. The fraction of sp³-hybridized carbons (Fsp3) is 0.533. The third kappa shape index (κ3) is 12.6. The molecule has 0 aliphatic rings. The quantitative estimate of drug-likeness (QED) is 0.775. The Morgan fingerprint density at radius 1 is 1.18 bits per heavy atom. The maximum Gasteiger partial charge on any atom is 0.303 e. The van der Waals surface area contributed by atoms with Crippen LogP contribution in [0.15, 0.2) is 30.3 Å². The lowest BCUT2D eigenvalue weighted by Crippen LogP contribution is -1.94. The Bertz CT molecular complexity index is 291. The van der Waals surface area contributed by atoms with Crippen LogP contribution in [0.2, 0.25) is 0 Å². The molecule has 0 radical (unpaired) electrons. The Morgan fingerprint density at radius 3 is 2.12 bits per heavy atom. The molecule has 1 aromatic carbocycles. The second-order valence-electron chi connectivity index (χ2n) is 4.69. The summed E-state index contributed by atoms with van der Waals surface area (Å²) in [6.45, 7) is 6.39. The van der Waals surface area contributed by atoms with E-state index in [0.717, 1.165) is 19.3 Å². The Balaban J connectivity index is 0.000000318. The summed E-state index contributed by atoms with van der Waals surface area (Å²) in [7, 11) is 0. The molecule has 1 rings (SSSR count). The lowest BCUT2D eigenvalue weighted by Gasteiger charge is -2.01.